The minimum Gasteiger partial charge on any atom is -0.457 e. The number of allylic oxidation sites excluding steroid dienone is 4. The van der Waals surface area contributed by atoms with Crippen LogP contribution in [0.25, 0.3) is 70.8 Å². The van der Waals surface area contributed by atoms with Crippen LogP contribution < -0.4 is 4.74 Å². The molecule has 0 amide bonds. The average molecular weight is 747 g/mol. The SMILES string of the molecule is C1=CC2=C(CC1)C1(c3ccccc3Oc3ccccc31)c1ccc(-c3cccc(-c4nc(-c5ccccc5-c5ccccc5)nc5c4sc4ccccc45)c3)cc12. The standard InChI is InChI=1S/C53H34N2OS/c1-2-15-33(16-3-1)37-19-4-5-21-39(37)52-54-49(51-50(55-52)40-22-7-13-28-48(40)57-51)36-18-14-17-34(31-36)35-29-30-43-41(32-35)38-20-6-8-23-42(38)53(43)44-24-9-11-26-46(44)56-47-27-12-10-25-45(47)53/h1-7,9-22,24-32H,8,23H2. The van der Waals surface area contributed by atoms with Crippen LogP contribution in [0.3, 0.4) is 0 Å². The fraction of sp³-hybridized carbons (Fsp3) is 0.0566. The van der Waals surface area contributed by atoms with Crippen molar-refractivity contribution in [2.75, 3.05) is 0 Å². The molecular formula is C53H34N2OS. The summed E-state index contributed by atoms with van der Waals surface area (Å²) in [5.74, 6) is 2.60. The molecule has 3 nitrogen and oxygen atoms in total. The van der Waals surface area contributed by atoms with Gasteiger partial charge in [0.25, 0.3) is 0 Å². The topological polar surface area (TPSA) is 35.0 Å². The minimum absolute atomic E-state index is 0.401. The fourth-order valence-electron chi connectivity index (χ4n) is 9.65. The van der Waals surface area contributed by atoms with Gasteiger partial charge in [0.2, 0.25) is 0 Å². The average Bonchev–Trinajstić information content (AvgIpc) is 3.80. The van der Waals surface area contributed by atoms with Gasteiger partial charge in [0, 0.05) is 32.3 Å². The first kappa shape index (κ1) is 32.4. The highest BCUT2D eigenvalue weighted by Crippen LogP contribution is 2.63. The molecule has 0 bridgehead atoms. The third-order valence-corrected chi connectivity index (χ3v) is 13.2. The van der Waals surface area contributed by atoms with E-state index in [-0.39, 0.29) is 0 Å². The Morgan fingerprint density at radius 3 is 2.05 bits per heavy atom. The van der Waals surface area contributed by atoms with Gasteiger partial charge in [-0.05, 0) is 87.7 Å². The van der Waals surface area contributed by atoms with E-state index < -0.39 is 5.41 Å². The van der Waals surface area contributed by atoms with Gasteiger partial charge in [-0.1, -0.05) is 152 Å². The summed E-state index contributed by atoms with van der Waals surface area (Å²) < 4.78 is 8.88. The zero-order valence-electron chi connectivity index (χ0n) is 30.9. The molecule has 4 heteroatoms. The number of nitrogens with zero attached hydrogens (tertiary/aromatic N) is 2. The number of hydrogen-bond acceptors (Lipinski definition) is 4. The van der Waals surface area contributed by atoms with Gasteiger partial charge in [-0.15, -0.1) is 11.3 Å². The van der Waals surface area contributed by atoms with E-state index in [1.807, 2.05) is 0 Å². The van der Waals surface area contributed by atoms with Gasteiger partial charge in [0.05, 0.1) is 21.3 Å². The highest BCUT2D eigenvalue weighted by Gasteiger charge is 2.52. The largest absolute Gasteiger partial charge is 0.457 e. The van der Waals surface area contributed by atoms with Crippen LogP contribution in [0.15, 0.2) is 188 Å². The first-order chi connectivity index (χ1) is 28.3. The van der Waals surface area contributed by atoms with Crippen LogP contribution in [0.5, 0.6) is 11.5 Å². The number of ether oxygens (including phenoxy) is 1. The van der Waals surface area contributed by atoms with E-state index in [1.54, 1.807) is 11.3 Å². The van der Waals surface area contributed by atoms with Gasteiger partial charge in [-0.3, -0.25) is 0 Å². The van der Waals surface area contributed by atoms with Crippen molar-refractivity contribution in [1.29, 1.82) is 0 Å². The van der Waals surface area contributed by atoms with Crippen molar-refractivity contribution in [2.45, 2.75) is 18.3 Å². The van der Waals surface area contributed by atoms with Crippen molar-refractivity contribution < 1.29 is 4.74 Å². The van der Waals surface area contributed by atoms with Crippen molar-refractivity contribution in [1.82, 2.24) is 9.97 Å². The first-order valence-electron chi connectivity index (χ1n) is 19.6. The number of thiophene rings is 1. The molecule has 0 unspecified atom stereocenters. The van der Waals surface area contributed by atoms with Crippen molar-refractivity contribution in [3.05, 3.63) is 210 Å². The summed E-state index contributed by atoms with van der Waals surface area (Å²) >= 11 is 1.77. The molecule has 1 aliphatic heterocycles. The Kier molecular flexibility index (Phi) is 7.14. The van der Waals surface area contributed by atoms with Crippen LogP contribution in [0, 0.1) is 0 Å². The second-order valence-electron chi connectivity index (χ2n) is 15.1. The van der Waals surface area contributed by atoms with Gasteiger partial charge in [0.15, 0.2) is 5.82 Å². The van der Waals surface area contributed by atoms with Crippen LogP contribution >= 0.6 is 11.3 Å². The lowest BCUT2D eigenvalue weighted by Gasteiger charge is -2.41. The predicted octanol–water partition coefficient (Wildman–Crippen LogP) is 14.1. The molecule has 3 heterocycles. The van der Waals surface area contributed by atoms with Gasteiger partial charge >= 0.3 is 0 Å². The van der Waals surface area contributed by atoms with Gasteiger partial charge in [-0.2, -0.15) is 0 Å². The van der Waals surface area contributed by atoms with Crippen molar-refractivity contribution in [3.63, 3.8) is 0 Å². The van der Waals surface area contributed by atoms with E-state index >= 15 is 0 Å². The molecule has 2 aliphatic carbocycles. The van der Waals surface area contributed by atoms with Gasteiger partial charge in [-0.25, -0.2) is 9.97 Å². The van der Waals surface area contributed by atoms with Gasteiger partial charge < -0.3 is 4.74 Å². The Bertz CT molecular complexity index is 3130. The third-order valence-electron chi connectivity index (χ3n) is 12.1. The smallest absolute Gasteiger partial charge is 0.161 e. The van der Waals surface area contributed by atoms with Crippen LogP contribution in [0.4, 0.5) is 0 Å². The van der Waals surface area contributed by atoms with Crippen molar-refractivity contribution in [2.24, 2.45) is 0 Å². The molecule has 3 aliphatic rings. The summed E-state index contributed by atoms with van der Waals surface area (Å²) in [5.41, 5.74) is 16.1. The molecule has 1 spiro atoms. The molecule has 9 aromatic rings. The first-order valence-corrected chi connectivity index (χ1v) is 20.4. The molecule has 0 N–H and O–H groups in total. The lowest BCUT2D eigenvalue weighted by Crippen LogP contribution is -2.33. The molecule has 0 saturated carbocycles. The van der Waals surface area contributed by atoms with Gasteiger partial charge in [0.1, 0.15) is 11.5 Å². The minimum atomic E-state index is -0.401. The fourth-order valence-corrected chi connectivity index (χ4v) is 10.8. The number of fused-ring (bicyclic) bond motifs is 11. The van der Waals surface area contributed by atoms with E-state index in [0.717, 1.165) is 79.3 Å². The highest BCUT2D eigenvalue weighted by atomic mass is 32.1. The predicted molar refractivity (Wildman–Crippen MR) is 235 cm³/mol. The number of para-hydroxylation sites is 2. The van der Waals surface area contributed by atoms with Crippen LogP contribution in [0.2, 0.25) is 0 Å². The molecule has 12 rings (SSSR count). The zero-order chi connectivity index (χ0) is 37.5. The van der Waals surface area contributed by atoms with Crippen LogP contribution in [-0.4, -0.2) is 9.97 Å². The van der Waals surface area contributed by atoms with E-state index in [2.05, 4.69) is 182 Å². The van der Waals surface area contributed by atoms with Crippen LogP contribution in [-0.2, 0) is 5.41 Å². The summed E-state index contributed by atoms with van der Waals surface area (Å²) in [5, 5.41) is 1.16. The van der Waals surface area contributed by atoms with E-state index in [0.29, 0.717) is 0 Å². The van der Waals surface area contributed by atoms with E-state index in [1.165, 1.54) is 43.7 Å². The Balaban J connectivity index is 1.04. The normalized spacial score (nSPS) is 14.7. The second kappa shape index (κ2) is 12.6. The number of aromatic nitrogens is 2. The maximum atomic E-state index is 6.57. The summed E-state index contributed by atoms with van der Waals surface area (Å²) in [6.45, 7) is 0. The molecule has 0 radical (unpaired) electrons. The molecule has 57 heavy (non-hydrogen) atoms. The number of benzene rings is 7. The third kappa shape index (κ3) is 4.78. The van der Waals surface area contributed by atoms with E-state index in [9.17, 15) is 0 Å². The van der Waals surface area contributed by atoms with E-state index in [4.69, 9.17) is 14.7 Å². The summed E-state index contributed by atoms with van der Waals surface area (Å²) in [6.07, 6.45) is 6.73. The Morgan fingerprint density at radius 2 is 1.21 bits per heavy atom. The zero-order valence-corrected chi connectivity index (χ0v) is 31.8. The Morgan fingerprint density at radius 1 is 0.526 bits per heavy atom. The lowest BCUT2D eigenvalue weighted by atomic mass is 9.64. The molecular weight excluding hydrogens is 713 g/mol. The quantitative estimate of drug-likeness (QED) is 0.180. The molecule has 2 aromatic heterocycles. The summed E-state index contributed by atoms with van der Waals surface area (Å²) in [4.78, 5) is 10.8. The summed E-state index contributed by atoms with van der Waals surface area (Å²) in [7, 11) is 0. The maximum Gasteiger partial charge on any atom is 0.161 e. The molecule has 0 saturated heterocycles. The molecule has 268 valence electrons. The van der Waals surface area contributed by atoms with Crippen molar-refractivity contribution >= 4 is 37.2 Å². The Hall–Kier alpha value is -6.88. The molecule has 0 atom stereocenters. The monoisotopic (exact) mass is 746 g/mol. The summed E-state index contributed by atoms with van der Waals surface area (Å²) in [6, 6.07) is 60.9. The second-order valence-corrected chi connectivity index (χ2v) is 16.2. The molecule has 0 fully saturated rings. The number of hydrogen-bond donors (Lipinski definition) is 0. The van der Waals surface area contributed by atoms with Crippen LogP contribution in [0.1, 0.15) is 35.1 Å². The highest BCUT2D eigenvalue weighted by molar-refractivity contribution is 7.26. The lowest BCUT2D eigenvalue weighted by molar-refractivity contribution is 0.432. The van der Waals surface area contributed by atoms with Crippen molar-refractivity contribution in [3.8, 4) is 56.4 Å². The number of rotatable bonds is 4. The molecule has 7 aromatic carbocycles. The Labute approximate surface area is 334 Å². The maximum absolute atomic E-state index is 6.57.